The number of hydrogen-bond acceptors (Lipinski definition) is 2. The van der Waals surface area contributed by atoms with Crippen molar-refractivity contribution < 1.29 is 4.42 Å². The van der Waals surface area contributed by atoms with E-state index in [0.717, 1.165) is 39.2 Å². The Morgan fingerprint density at radius 3 is 1.90 bits per heavy atom. The Labute approximate surface area is 233 Å². The largest absolute Gasteiger partial charge is 0.456 e. The monoisotopic (exact) mass is 513 g/mol. The third-order valence-corrected chi connectivity index (χ3v) is 8.47. The lowest BCUT2D eigenvalue weighted by Gasteiger charge is -2.21. The molecule has 190 valence electrons. The van der Waals surface area contributed by atoms with E-state index in [9.17, 15) is 0 Å². The highest BCUT2D eigenvalue weighted by atomic mass is 16.3. The Morgan fingerprint density at radius 2 is 1.12 bits per heavy atom. The van der Waals surface area contributed by atoms with Crippen molar-refractivity contribution in [3.63, 3.8) is 0 Å². The molecule has 0 radical (unpaired) electrons. The van der Waals surface area contributed by atoms with E-state index in [1.54, 1.807) is 0 Å². The Hall–Kier alpha value is -4.95. The van der Waals surface area contributed by atoms with Crippen LogP contribution in [0, 0.1) is 0 Å². The number of aromatic nitrogens is 1. The van der Waals surface area contributed by atoms with E-state index in [0.29, 0.717) is 0 Å². The zero-order chi connectivity index (χ0) is 26.8. The second-order valence-corrected chi connectivity index (χ2v) is 11.2. The maximum absolute atomic E-state index is 6.29. The van der Waals surface area contributed by atoms with Gasteiger partial charge in [-0.2, -0.15) is 0 Å². The van der Waals surface area contributed by atoms with Gasteiger partial charge >= 0.3 is 0 Å². The number of pyridine rings is 1. The number of hydrogen-bond donors (Lipinski definition) is 0. The summed E-state index contributed by atoms with van der Waals surface area (Å²) in [6, 6.07) is 45.1. The van der Waals surface area contributed by atoms with Crippen molar-refractivity contribution in [2.45, 2.75) is 19.3 Å². The molecule has 0 atom stereocenters. The van der Waals surface area contributed by atoms with Crippen LogP contribution in [0.1, 0.15) is 25.0 Å². The first-order valence-corrected chi connectivity index (χ1v) is 13.8. The number of furan rings is 1. The first-order chi connectivity index (χ1) is 19.6. The Morgan fingerprint density at radius 1 is 0.475 bits per heavy atom. The van der Waals surface area contributed by atoms with E-state index < -0.39 is 0 Å². The summed E-state index contributed by atoms with van der Waals surface area (Å²) in [7, 11) is 0. The number of para-hydroxylation sites is 1. The molecule has 0 unspecified atom stereocenters. The van der Waals surface area contributed by atoms with E-state index in [1.165, 1.54) is 38.6 Å². The molecule has 1 aliphatic rings. The molecule has 2 heterocycles. The van der Waals surface area contributed by atoms with Crippen molar-refractivity contribution in [3.8, 4) is 44.8 Å². The lowest BCUT2D eigenvalue weighted by atomic mass is 9.82. The number of rotatable bonds is 3. The lowest BCUT2D eigenvalue weighted by molar-refractivity contribution is 0.658. The van der Waals surface area contributed by atoms with Crippen LogP contribution in [-0.2, 0) is 5.41 Å². The lowest BCUT2D eigenvalue weighted by Crippen LogP contribution is -2.14. The molecule has 2 nitrogen and oxygen atoms in total. The molecule has 0 saturated heterocycles. The smallest absolute Gasteiger partial charge is 0.136 e. The van der Waals surface area contributed by atoms with Gasteiger partial charge in [-0.3, -0.25) is 0 Å². The fraction of sp³-hybridized carbons (Fsp3) is 0.0789. The Bertz CT molecular complexity index is 2010. The van der Waals surface area contributed by atoms with Crippen LogP contribution in [0.25, 0.3) is 66.7 Å². The second-order valence-electron chi connectivity index (χ2n) is 11.2. The van der Waals surface area contributed by atoms with Crippen LogP contribution in [-0.4, -0.2) is 4.98 Å². The number of nitrogens with zero attached hydrogens (tertiary/aromatic N) is 1. The summed E-state index contributed by atoms with van der Waals surface area (Å²) in [5.74, 6) is 0. The van der Waals surface area contributed by atoms with Gasteiger partial charge in [0, 0.05) is 27.3 Å². The van der Waals surface area contributed by atoms with Gasteiger partial charge in [0.1, 0.15) is 11.2 Å². The summed E-state index contributed by atoms with van der Waals surface area (Å²) in [5, 5.41) is 2.35. The van der Waals surface area contributed by atoms with E-state index in [-0.39, 0.29) is 5.41 Å². The molecule has 2 heteroatoms. The van der Waals surface area contributed by atoms with Crippen LogP contribution in [0.5, 0.6) is 0 Å². The van der Waals surface area contributed by atoms with E-state index in [4.69, 9.17) is 9.40 Å². The average molecular weight is 514 g/mol. The maximum atomic E-state index is 6.29. The van der Waals surface area contributed by atoms with E-state index >= 15 is 0 Å². The first-order valence-electron chi connectivity index (χ1n) is 13.8. The van der Waals surface area contributed by atoms with Gasteiger partial charge in [0.25, 0.3) is 0 Å². The maximum Gasteiger partial charge on any atom is 0.136 e. The fourth-order valence-corrected chi connectivity index (χ4v) is 6.36. The van der Waals surface area contributed by atoms with E-state index in [2.05, 4.69) is 123 Å². The Balaban J connectivity index is 1.33. The molecule has 2 aromatic heterocycles. The highest BCUT2D eigenvalue weighted by Gasteiger charge is 2.36. The summed E-state index contributed by atoms with van der Waals surface area (Å²) in [6.07, 6.45) is 0. The van der Waals surface area contributed by atoms with Crippen molar-refractivity contribution >= 4 is 21.9 Å². The molecule has 0 spiro atoms. The summed E-state index contributed by atoms with van der Waals surface area (Å²) in [4.78, 5) is 5.18. The summed E-state index contributed by atoms with van der Waals surface area (Å²) >= 11 is 0. The van der Waals surface area contributed by atoms with Gasteiger partial charge < -0.3 is 4.42 Å². The third-order valence-electron chi connectivity index (χ3n) is 8.47. The summed E-state index contributed by atoms with van der Waals surface area (Å²) < 4.78 is 6.29. The SMILES string of the molecule is CC1(C)c2ccc(-c3cc(-c4ccccc4)cc(-c4ccccc4)n3)cc2-c2cc3oc4ccccc4c3cc21. The molecule has 40 heavy (non-hydrogen) atoms. The standard InChI is InChI=1S/C38H27NO/c1-38(2)32-18-17-26(19-29(32)30-23-37-31(22-33(30)38)28-15-9-10-16-36(28)40-37)35-21-27(24-11-5-3-6-12-24)20-34(39-35)25-13-7-4-8-14-25/h3-23H,1-2H3. The van der Waals surface area contributed by atoms with Crippen LogP contribution in [0.4, 0.5) is 0 Å². The molecule has 0 amide bonds. The predicted molar refractivity (Wildman–Crippen MR) is 165 cm³/mol. The average Bonchev–Trinajstić information content (AvgIpc) is 3.48. The minimum Gasteiger partial charge on any atom is -0.456 e. The molecule has 7 aromatic rings. The van der Waals surface area contributed by atoms with Gasteiger partial charge in [-0.25, -0.2) is 4.98 Å². The van der Waals surface area contributed by atoms with Crippen LogP contribution in [0.3, 0.4) is 0 Å². The van der Waals surface area contributed by atoms with Gasteiger partial charge in [0.05, 0.1) is 11.4 Å². The highest BCUT2D eigenvalue weighted by molar-refractivity contribution is 6.07. The molecule has 8 rings (SSSR count). The topological polar surface area (TPSA) is 26.0 Å². The van der Waals surface area contributed by atoms with Gasteiger partial charge in [0.15, 0.2) is 0 Å². The van der Waals surface area contributed by atoms with Crippen LogP contribution >= 0.6 is 0 Å². The van der Waals surface area contributed by atoms with Crippen molar-refractivity contribution in [2.75, 3.05) is 0 Å². The molecule has 0 N–H and O–H groups in total. The number of benzene rings is 5. The Kier molecular flexibility index (Phi) is 4.90. The minimum absolute atomic E-state index is 0.107. The molecule has 0 fully saturated rings. The second kappa shape index (κ2) is 8.53. The predicted octanol–water partition coefficient (Wildman–Crippen LogP) is 10.3. The van der Waals surface area contributed by atoms with Gasteiger partial charge in [-0.15, -0.1) is 0 Å². The normalized spacial score (nSPS) is 13.4. The summed E-state index contributed by atoms with van der Waals surface area (Å²) in [5.41, 5.74) is 13.5. The third kappa shape index (κ3) is 3.46. The van der Waals surface area contributed by atoms with Crippen molar-refractivity contribution in [1.29, 1.82) is 0 Å². The van der Waals surface area contributed by atoms with Crippen LogP contribution in [0.15, 0.2) is 132 Å². The highest BCUT2D eigenvalue weighted by Crippen LogP contribution is 2.51. The molecular weight excluding hydrogens is 486 g/mol. The van der Waals surface area contributed by atoms with Gasteiger partial charge in [0.2, 0.25) is 0 Å². The van der Waals surface area contributed by atoms with Crippen LogP contribution < -0.4 is 0 Å². The van der Waals surface area contributed by atoms with E-state index in [1.807, 2.05) is 18.2 Å². The molecule has 0 saturated carbocycles. The molecule has 5 aromatic carbocycles. The summed E-state index contributed by atoms with van der Waals surface area (Å²) in [6.45, 7) is 4.65. The van der Waals surface area contributed by atoms with Crippen LogP contribution in [0.2, 0.25) is 0 Å². The van der Waals surface area contributed by atoms with Crippen molar-refractivity contribution in [2.24, 2.45) is 0 Å². The zero-order valence-electron chi connectivity index (χ0n) is 22.5. The van der Waals surface area contributed by atoms with Gasteiger partial charge in [-0.05, 0) is 69.8 Å². The van der Waals surface area contributed by atoms with Crippen molar-refractivity contribution in [3.05, 3.63) is 139 Å². The zero-order valence-corrected chi connectivity index (χ0v) is 22.5. The molecule has 0 aliphatic heterocycles. The molecule has 0 bridgehead atoms. The van der Waals surface area contributed by atoms with Gasteiger partial charge in [-0.1, -0.05) is 105 Å². The molecular formula is C38H27NO. The quantitative estimate of drug-likeness (QED) is 0.235. The molecule has 1 aliphatic carbocycles. The fourth-order valence-electron chi connectivity index (χ4n) is 6.36. The minimum atomic E-state index is -0.107. The number of fused-ring (bicyclic) bond motifs is 6. The first kappa shape index (κ1) is 23.0. The van der Waals surface area contributed by atoms with Crippen molar-refractivity contribution in [1.82, 2.24) is 4.98 Å².